The Bertz CT molecular complexity index is 260. The molecule has 0 fully saturated rings. The fraction of sp³-hybridized carbons (Fsp3) is 0.800. The predicted octanol–water partition coefficient (Wildman–Crippen LogP) is 0.731. The number of ketones is 1. The average molecular weight is 232 g/mol. The Kier molecular flexibility index (Phi) is 5.40. The summed E-state index contributed by atoms with van der Waals surface area (Å²) in [6.07, 6.45) is -1.22. The molecule has 16 heavy (non-hydrogen) atoms. The van der Waals surface area contributed by atoms with Crippen LogP contribution in [-0.4, -0.2) is 48.8 Å². The Hall–Kier alpha value is -1.14. The lowest BCUT2D eigenvalue weighted by Crippen LogP contribution is -2.50. The highest BCUT2D eigenvalue weighted by molar-refractivity contribution is 5.91. The van der Waals surface area contributed by atoms with Gasteiger partial charge in [-0.25, -0.2) is 4.79 Å². The van der Waals surface area contributed by atoms with Gasteiger partial charge in [-0.15, -0.1) is 0 Å². The third-order valence-corrected chi connectivity index (χ3v) is 2.10. The molecule has 0 aromatic carbocycles. The van der Waals surface area contributed by atoms with E-state index in [1.165, 1.54) is 12.2 Å². The van der Waals surface area contributed by atoms with Crippen LogP contribution in [0.15, 0.2) is 0 Å². The van der Waals surface area contributed by atoms with E-state index in [2.05, 4.69) is 5.32 Å². The number of carboxylic acid groups (broad SMARTS) is 1. The van der Waals surface area contributed by atoms with Gasteiger partial charge in [-0.1, -0.05) is 20.8 Å². The van der Waals surface area contributed by atoms with Gasteiger partial charge in [0.2, 0.25) is 0 Å². The number of amides is 1. The molecule has 0 bridgehead atoms. The first-order chi connectivity index (χ1) is 7.18. The van der Waals surface area contributed by atoms with Crippen LogP contribution >= 0.6 is 0 Å². The quantitative estimate of drug-likeness (QED) is 0.683. The normalized spacial score (nSPS) is 13.6. The van der Waals surface area contributed by atoms with Crippen molar-refractivity contribution < 1.29 is 19.5 Å². The van der Waals surface area contributed by atoms with Crippen LogP contribution in [0.25, 0.3) is 0 Å². The van der Waals surface area contributed by atoms with Gasteiger partial charge in [-0.05, 0) is 0 Å². The molecule has 1 atom stereocenters. The minimum absolute atomic E-state index is 0.168. The second-order valence-corrected chi connectivity index (χ2v) is 4.61. The standard InChI is InChI=1S/C10H20N2O4/c1-10(2,3)8(13)7(11-9(14)15)6-12(4)16-5/h7,11H,6H2,1-5H3,(H,14,15). The second-order valence-electron chi connectivity index (χ2n) is 4.61. The Labute approximate surface area is 95.5 Å². The van der Waals surface area contributed by atoms with Crippen molar-refractivity contribution in [2.24, 2.45) is 5.41 Å². The first-order valence-corrected chi connectivity index (χ1v) is 4.97. The molecule has 0 aromatic rings. The lowest BCUT2D eigenvalue weighted by Gasteiger charge is -2.27. The third kappa shape index (κ3) is 5.09. The fourth-order valence-electron chi connectivity index (χ4n) is 1.20. The van der Waals surface area contributed by atoms with Crippen molar-refractivity contribution in [3.05, 3.63) is 0 Å². The highest BCUT2D eigenvalue weighted by Crippen LogP contribution is 2.17. The van der Waals surface area contributed by atoms with Crippen LogP contribution < -0.4 is 5.32 Å². The van der Waals surface area contributed by atoms with Gasteiger partial charge in [0, 0.05) is 12.5 Å². The summed E-state index contributed by atoms with van der Waals surface area (Å²) in [6.45, 7) is 5.43. The Morgan fingerprint density at radius 2 is 1.94 bits per heavy atom. The number of carbonyl (C=O) groups excluding carboxylic acids is 1. The highest BCUT2D eigenvalue weighted by atomic mass is 16.7. The van der Waals surface area contributed by atoms with Crippen LogP contribution in [0.3, 0.4) is 0 Å². The summed E-state index contributed by atoms with van der Waals surface area (Å²) in [5, 5.41) is 12.3. The lowest BCUT2D eigenvalue weighted by molar-refractivity contribution is -0.138. The number of hydrogen-bond donors (Lipinski definition) is 2. The molecule has 6 nitrogen and oxygen atoms in total. The largest absolute Gasteiger partial charge is 0.465 e. The number of carbonyl (C=O) groups is 2. The van der Waals surface area contributed by atoms with E-state index in [0.717, 1.165) is 0 Å². The van der Waals surface area contributed by atoms with Crippen LogP contribution in [0.2, 0.25) is 0 Å². The smallest absolute Gasteiger partial charge is 0.405 e. The topological polar surface area (TPSA) is 78.9 Å². The van der Waals surface area contributed by atoms with Gasteiger partial charge in [-0.2, -0.15) is 5.06 Å². The first kappa shape index (κ1) is 14.9. The summed E-state index contributed by atoms with van der Waals surface area (Å²) in [5.41, 5.74) is -0.596. The maximum atomic E-state index is 11.9. The minimum atomic E-state index is -1.22. The Balaban J connectivity index is 4.67. The van der Waals surface area contributed by atoms with Crippen molar-refractivity contribution >= 4 is 11.9 Å². The van der Waals surface area contributed by atoms with Gasteiger partial charge >= 0.3 is 6.09 Å². The molecule has 1 amide bonds. The van der Waals surface area contributed by atoms with Crippen LogP contribution in [0.5, 0.6) is 0 Å². The van der Waals surface area contributed by atoms with Gasteiger partial charge < -0.3 is 15.3 Å². The van der Waals surface area contributed by atoms with Crippen molar-refractivity contribution in [1.82, 2.24) is 10.4 Å². The van der Waals surface area contributed by atoms with Crippen LogP contribution in [0.1, 0.15) is 20.8 Å². The van der Waals surface area contributed by atoms with Crippen LogP contribution in [0.4, 0.5) is 4.79 Å². The van der Waals surface area contributed by atoms with Crippen molar-refractivity contribution in [3.8, 4) is 0 Å². The molecule has 0 saturated heterocycles. The van der Waals surface area contributed by atoms with E-state index in [-0.39, 0.29) is 12.3 Å². The van der Waals surface area contributed by atoms with Gasteiger partial charge in [-0.3, -0.25) is 4.79 Å². The number of hydrogen-bond acceptors (Lipinski definition) is 4. The number of hydroxylamine groups is 2. The fourth-order valence-corrected chi connectivity index (χ4v) is 1.20. The molecule has 94 valence electrons. The molecule has 6 heteroatoms. The van der Waals surface area contributed by atoms with Crippen molar-refractivity contribution in [3.63, 3.8) is 0 Å². The van der Waals surface area contributed by atoms with Crippen molar-refractivity contribution in [2.75, 3.05) is 20.7 Å². The van der Waals surface area contributed by atoms with E-state index in [9.17, 15) is 9.59 Å². The van der Waals surface area contributed by atoms with E-state index in [4.69, 9.17) is 9.94 Å². The highest BCUT2D eigenvalue weighted by Gasteiger charge is 2.31. The molecular weight excluding hydrogens is 212 g/mol. The van der Waals surface area contributed by atoms with E-state index in [1.54, 1.807) is 27.8 Å². The second kappa shape index (κ2) is 5.81. The molecule has 2 N–H and O–H groups in total. The average Bonchev–Trinajstić information content (AvgIpc) is 2.13. The maximum absolute atomic E-state index is 11.9. The minimum Gasteiger partial charge on any atom is -0.465 e. The zero-order valence-electron chi connectivity index (χ0n) is 10.4. The molecule has 0 aliphatic carbocycles. The molecular formula is C10H20N2O4. The van der Waals surface area contributed by atoms with Crippen molar-refractivity contribution in [1.29, 1.82) is 0 Å². The number of Topliss-reactive ketones (excluding diaryl/α,β-unsaturated/α-hetero) is 1. The monoisotopic (exact) mass is 232 g/mol. The Morgan fingerprint density at radius 3 is 2.25 bits per heavy atom. The zero-order chi connectivity index (χ0) is 12.9. The van der Waals surface area contributed by atoms with Gasteiger partial charge in [0.25, 0.3) is 0 Å². The van der Waals surface area contributed by atoms with Gasteiger partial charge in [0.1, 0.15) is 6.04 Å². The van der Waals surface area contributed by atoms with E-state index in [1.807, 2.05) is 0 Å². The SMILES string of the molecule is CON(C)CC(NC(=O)O)C(=O)C(C)(C)C. The molecule has 0 heterocycles. The summed E-state index contributed by atoms with van der Waals surface area (Å²) in [6, 6.07) is -0.789. The first-order valence-electron chi connectivity index (χ1n) is 4.97. The molecule has 0 spiro atoms. The summed E-state index contributed by atoms with van der Waals surface area (Å²) in [5.74, 6) is -0.168. The molecule has 1 unspecified atom stereocenters. The van der Waals surface area contributed by atoms with Gasteiger partial charge in [0.05, 0.1) is 13.7 Å². The number of nitrogens with zero attached hydrogens (tertiary/aromatic N) is 1. The molecule has 0 radical (unpaired) electrons. The van der Waals surface area contributed by atoms with Crippen LogP contribution in [-0.2, 0) is 9.63 Å². The summed E-state index contributed by atoms with van der Waals surface area (Å²) in [7, 11) is 3.09. The summed E-state index contributed by atoms with van der Waals surface area (Å²) in [4.78, 5) is 27.4. The Morgan fingerprint density at radius 1 is 1.44 bits per heavy atom. The zero-order valence-corrected chi connectivity index (χ0v) is 10.4. The lowest BCUT2D eigenvalue weighted by atomic mass is 9.86. The maximum Gasteiger partial charge on any atom is 0.405 e. The van der Waals surface area contributed by atoms with Gasteiger partial charge in [0.15, 0.2) is 5.78 Å². The van der Waals surface area contributed by atoms with E-state index >= 15 is 0 Å². The molecule has 0 aliphatic rings. The third-order valence-electron chi connectivity index (χ3n) is 2.10. The summed E-state index contributed by atoms with van der Waals surface area (Å²) < 4.78 is 0. The molecule has 0 rings (SSSR count). The molecule has 0 aromatic heterocycles. The van der Waals surface area contributed by atoms with E-state index < -0.39 is 17.6 Å². The molecule has 0 saturated carbocycles. The number of likely N-dealkylation sites (N-methyl/N-ethyl adjacent to an activating group) is 1. The predicted molar refractivity (Wildman–Crippen MR) is 59.0 cm³/mol. The molecule has 0 aliphatic heterocycles. The summed E-state index contributed by atoms with van der Waals surface area (Å²) >= 11 is 0. The van der Waals surface area contributed by atoms with E-state index in [0.29, 0.717) is 0 Å². The number of rotatable bonds is 5. The van der Waals surface area contributed by atoms with Crippen LogP contribution in [0, 0.1) is 5.41 Å². The number of nitrogens with one attached hydrogen (secondary N) is 1. The van der Waals surface area contributed by atoms with Crippen molar-refractivity contribution in [2.45, 2.75) is 26.8 Å².